The van der Waals surface area contributed by atoms with Crippen LogP contribution in [0.4, 0.5) is 0 Å². The molecular formula is C24H23ClN4O. The first-order valence-electron chi connectivity index (χ1n) is 10.3. The van der Waals surface area contributed by atoms with Gasteiger partial charge < -0.3 is 4.98 Å². The van der Waals surface area contributed by atoms with Gasteiger partial charge >= 0.3 is 0 Å². The Hall–Kier alpha value is -2.89. The molecule has 0 saturated heterocycles. The molecule has 0 unspecified atom stereocenters. The minimum Gasteiger partial charge on any atom is -0.361 e. The number of aromatic amines is 1. The van der Waals surface area contributed by atoms with E-state index >= 15 is 0 Å². The van der Waals surface area contributed by atoms with Gasteiger partial charge in [-0.2, -0.15) is 0 Å². The van der Waals surface area contributed by atoms with E-state index in [4.69, 9.17) is 11.6 Å². The topological polar surface area (TPSA) is 53.9 Å². The van der Waals surface area contributed by atoms with Crippen molar-refractivity contribution in [2.45, 2.75) is 19.4 Å². The molecule has 0 bridgehead atoms. The van der Waals surface area contributed by atoms with Crippen LogP contribution >= 0.6 is 11.6 Å². The quantitative estimate of drug-likeness (QED) is 0.510. The second kappa shape index (κ2) is 8.09. The van der Waals surface area contributed by atoms with E-state index in [0.29, 0.717) is 22.5 Å². The molecule has 3 heterocycles. The van der Waals surface area contributed by atoms with Crippen molar-refractivity contribution in [2.75, 3.05) is 19.6 Å². The fourth-order valence-corrected chi connectivity index (χ4v) is 4.42. The number of hydrogen-bond donors (Lipinski definition) is 1. The van der Waals surface area contributed by atoms with Crippen molar-refractivity contribution in [3.8, 4) is 0 Å². The lowest BCUT2D eigenvalue weighted by molar-refractivity contribution is 0.291. The van der Waals surface area contributed by atoms with Crippen LogP contribution in [0.2, 0.25) is 5.02 Å². The lowest BCUT2D eigenvalue weighted by Crippen LogP contribution is -2.31. The standard InChI is InChI=1S/C24H23ClN4O/c25-18-6-7-23-20(14-18)24(30)29(16-27-23)11-3-10-28-12-8-17(9-13-28)21-15-26-22-5-2-1-4-19(21)22/h1-2,4-8,14-16,26H,3,9-13H2. The molecule has 152 valence electrons. The Morgan fingerprint density at radius 1 is 1.10 bits per heavy atom. The third-order valence-electron chi connectivity index (χ3n) is 5.89. The number of nitrogens with one attached hydrogen (secondary N) is 1. The molecule has 0 fully saturated rings. The lowest BCUT2D eigenvalue weighted by Gasteiger charge is -2.26. The zero-order valence-electron chi connectivity index (χ0n) is 16.6. The Kier molecular flexibility index (Phi) is 5.15. The number of nitrogens with zero attached hydrogens (tertiary/aromatic N) is 3. The Morgan fingerprint density at radius 2 is 2.00 bits per heavy atom. The summed E-state index contributed by atoms with van der Waals surface area (Å²) in [5.74, 6) is 0. The fraction of sp³-hybridized carbons (Fsp3) is 0.250. The van der Waals surface area contributed by atoms with Gasteiger partial charge in [0.1, 0.15) is 0 Å². The van der Waals surface area contributed by atoms with Gasteiger partial charge in [-0.25, -0.2) is 4.98 Å². The van der Waals surface area contributed by atoms with Crippen LogP contribution in [-0.4, -0.2) is 39.1 Å². The molecule has 30 heavy (non-hydrogen) atoms. The molecule has 0 radical (unpaired) electrons. The highest BCUT2D eigenvalue weighted by molar-refractivity contribution is 6.31. The molecule has 0 aliphatic carbocycles. The molecule has 1 aliphatic rings. The normalized spacial score (nSPS) is 15.0. The highest BCUT2D eigenvalue weighted by atomic mass is 35.5. The molecule has 5 rings (SSSR count). The van der Waals surface area contributed by atoms with Crippen molar-refractivity contribution >= 4 is 39.0 Å². The Bertz CT molecular complexity index is 1300. The summed E-state index contributed by atoms with van der Waals surface area (Å²) in [4.78, 5) is 22.9. The number of benzene rings is 2. The number of halogens is 1. The zero-order chi connectivity index (χ0) is 20.5. The first kappa shape index (κ1) is 19.1. The van der Waals surface area contributed by atoms with Gasteiger partial charge in [0.15, 0.2) is 0 Å². The molecule has 0 spiro atoms. The van der Waals surface area contributed by atoms with Gasteiger partial charge in [0.25, 0.3) is 5.56 Å². The van der Waals surface area contributed by atoms with Gasteiger partial charge in [-0.1, -0.05) is 35.9 Å². The summed E-state index contributed by atoms with van der Waals surface area (Å²) in [5.41, 5.74) is 4.58. The van der Waals surface area contributed by atoms with E-state index in [9.17, 15) is 4.79 Å². The average Bonchev–Trinajstić information content (AvgIpc) is 3.20. The first-order chi connectivity index (χ1) is 14.7. The highest BCUT2D eigenvalue weighted by Crippen LogP contribution is 2.29. The number of aryl methyl sites for hydroxylation is 1. The minimum absolute atomic E-state index is 0.0253. The Morgan fingerprint density at radius 3 is 2.87 bits per heavy atom. The van der Waals surface area contributed by atoms with Crippen molar-refractivity contribution in [3.05, 3.63) is 82.0 Å². The molecule has 0 saturated carbocycles. The summed E-state index contributed by atoms with van der Waals surface area (Å²) in [5, 5.41) is 2.43. The van der Waals surface area contributed by atoms with Gasteiger partial charge in [0, 0.05) is 53.9 Å². The van der Waals surface area contributed by atoms with Crippen LogP contribution in [0, 0.1) is 0 Å². The maximum Gasteiger partial charge on any atom is 0.261 e. The summed E-state index contributed by atoms with van der Waals surface area (Å²) < 4.78 is 1.69. The van der Waals surface area contributed by atoms with Gasteiger partial charge in [-0.05, 0) is 42.7 Å². The summed E-state index contributed by atoms with van der Waals surface area (Å²) in [6, 6.07) is 13.7. The number of hydrogen-bond acceptors (Lipinski definition) is 3. The summed E-state index contributed by atoms with van der Waals surface area (Å²) in [6.45, 7) is 3.59. The van der Waals surface area contributed by atoms with Crippen molar-refractivity contribution < 1.29 is 0 Å². The Labute approximate surface area is 179 Å². The molecule has 1 N–H and O–H groups in total. The van der Waals surface area contributed by atoms with Crippen LogP contribution in [0.5, 0.6) is 0 Å². The smallest absolute Gasteiger partial charge is 0.261 e. The molecule has 6 heteroatoms. The first-order valence-corrected chi connectivity index (χ1v) is 10.7. The van der Waals surface area contributed by atoms with Gasteiger partial charge in [-0.15, -0.1) is 0 Å². The number of para-hydroxylation sites is 1. The molecule has 1 aliphatic heterocycles. The van der Waals surface area contributed by atoms with E-state index in [1.165, 1.54) is 22.0 Å². The lowest BCUT2D eigenvalue weighted by atomic mass is 9.99. The van der Waals surface area contributed by atoms with Gasteiger partial charge in [0.2, 0.25) is 0 Å². The number of aromatic nitrogens is 3. The SMILES string of the molecule is O=c1c2cc(Cl)ccc2ncn1CCCN1CC=C(c2c[nH]c3ccccc23)CC1. The number of H-pyrrole nitrogens is 1. The second-order valence-electron chi connectivity index (χ2n) is 7.79. The van der Waals surface area contributed by atoms with Crippen LogP contribution < -0.4 is 5.56 Å². The molecular weight excluding hydrogens is 396 g/mol. The predicted molar refractivity (Wildman–Crippen MR) is 123 cm³/mol. The van der Waals surface area contributed by atoms with Gasteiger partial charge in [0.05, 0.1) is 17.2 Å². The second-order valence-corrected chi connectivity index (χ2v) is 8.22. The van der Waals surface area contributed by atoms with E-state index in [1.54, 1.807) is 29.1 Å². The van der Waals surface area contributed by atoms with Crippen molar-refractivity contribution in [1.82, 2.24) is 19.4 Å². The van der Waals surface area contributed by atoms with Crippen LogP contribution in [-0.2, 0) is 6.54 Å². The average molecular weight is 419 g/mol. The number of rotatable bonds is 5. The molecule has 5 nitrogen and oxygen atoms in total. The van der Waals surface area contributed by atoms with Gasteiger partial charge in [-0.3, -0.25) is 14.3 Å². The zero-order valence-corrected chi connectivity index (χ0v) is 17.4. The molecule has 2 aromatic heterocycles. The number of fused-ring (bicyclic) bond motifs is 2. The maximum absolute atomic E-state index is 12.7. The van der Waals surface area contributed by atoms with E-state index in [-0.39, 0.29) is 5.56 Å². The van der Waals surface area contributed by atoms with E-state index in [1.807, 2.05) is 0 Å². The summed E-state index contributed by atoms with van der Waals surface area (Å²) >= 11 is 6.04. The highest BCUT2D eigenvalue weighted by Gasteiger charge is 2.15. The summed E-state index contributed by atoms with van der Waals surface area (Å²) in [7, 11) is 0. The van der Waals surface area contributed by atoms with Crippen molar-refractivity contribution in [3.63, 3.8) is 0 Å². The largest absolute Gasteiger partial charge is 0.361 e. The monoisotopic (exact) mass is 418 g/mol. The van der Waals surface area contributed by atoms with E-state index in [2.05, 4.69) is 51.4 Å². The molecule has 2 aromatic carbocycles. The van der Waals surface area contributed by atoms with Crippen LogP contribution in [0.25, 0.3) is 27.4 Å². The molecule has 0 atom stereocenters. The van der Waals surface area contributed by atoms with Crippen LogP contribution in [0.1, 0.15) is 18.4 Å². The van der Waals surface area contributed by atoms with Crippen LogP contribution in [0.3, 0.4) is 0 Å². The van der Waals surface area contributed by atoms with Crippen molar-refractivity contribution in [1.29, 1.82) is 0 Å². The maximum atomic E-state index is 12.7. The van der Waals surface area contributed by atoms with Crippen molar-refractivity contribution in [2.24, 2.45) is 0 Å². The third kappa shape index (κ3) is 3.66. The van der Waals surface area contributed by atoms with Crippen LogP contribution in [0.15, 0.2) is 65.9 Å². The fourth-order valence-electron chi connectivity index (χ4n) is 4.25. The van der Waals surface area contributed by atoms with E-state index in [0.717, 1.165) is 32.5 Å². The summed E-state index contributed by atoms with van der Waals surface area (Å²) in [6.07, 6.45) is 8.05. The minimum atomic E-state index is -0.0253. The molecule has 4 aromatic rings. The molecule has 0 amide bonds. The Balaban J connectivity index is 1.22. The van der Waals surface area contributed by atoms with E-state index < -0.39 is 0 Å². The predicted octanol–water partition coefficient (Wildman–Crippen LogP) is 4.71. The third-order valence-corrected chi connectivity index (χ3v) is 6.12.